The first-order valence-electron chi connectivity index (χ1n) is 12.1. The monoisotopic (exact) mass is 510 g/mol. The largest absolute Gasteiger partial charge is 0.497 e. The molecule has 1 unspecified atom stereocenters. The molecule has 0 spiro atoms. The maximum absolute atomic E-state index is 13.5. The summed E-state index contributed by atoms with van der Waals surface area (Å²) in [6.07, 6.45) is -0.766. The number of rotatable bonds is 8. The number of anilines is 1. The Morgan fingerprint density at radius 1 is 0.947 bits per heavy atom. The molecule has 0 aliphatic carbocycles. The molecular formula is C30H26N2O6. The normalized spacial score (nSPS) is 11.8. The van der Waals surface area contributed by atoms with Gasteiger partial charge in [0.25, 0.3) is 5.91 Å². The topological polar surface area (TPSA) is 99.9 Å². The van der Waals surface area contributed by atoms with Crippen LogP contribution in [-0.2, 0) is 9.53 Å². The van der Waals surface area contributed by atoms with E-state index < -0.39 is 18.0 Å². The molecule has 5 rings (SSSR count). The molecule has 0 aliphatic heterocycles. The minimum atomic E-state index is -1.04. The fraction of sp³-hybridized carbons (Fsp3) is 0.167. The standard InChI is InChI=1S/C30H26N2O6/c1-4-24(28(33)31-23-17-19(35-2)15-16-25(23)36-3)38-30(34)21-12-8-10-18-9-7-11-20(27(18)21)29-32-22-13-5-6-14-26(22)37-29/h5-17,24H,4H2,1-3H3,(H,31,33). The molecule has 192 valence electrons. The second-order valence-electron chi connectivity index (χ2n) is 8.55. The predicted molar refractivity (Wildman–Crippen MR) is 145 cm³/mol. The van der Waals surface area contributed by atoms with Crippen LogP contribution in [-0.4, -0.2) is 37.2 Å². The number of ether oxygens (including phenoxy) is 3. The van der Waals surface area contributed by atoms with Gasteiger partial charge in [-0.05, 0) is 48.2 Å². The number of esters is 1. The molecule has 8 heteroatoms. The van der Waals surface area contributed by atoms with Gasteiger partial charge in [-0.1, -0.05) is 43.3 Å². The quantitative estimate of drug-likeness (QED) is 0.247. The average Bonchev–Trinajstić information content (AvgIpc) is 3.39. The number of oxazole rings is 1. The van der Waals surface area contributed by atoms with Crippen LogP contribution in [0.2, 0.25) is 0 Å². The third-order valence-corrected chi connectivity index (χ3v) is 6.23. The summed E-state index contributed by atoms with van der Waals surface area (Å²) in [4.78, 5) is 31.2. The summed E-state index contributed by atoms with van der Waals surface area (Å²) in [5, 5.41) is 4.24. The van der Waals surface area contributed by atoms with Gasteiger partial charge in [-0.3, -0.25) is 4.79 Å². The van der Waals surface area contributed by atoms with Crippen molar-refractivity contribution in [1.29, 1.82) is 0 Å². The smallest absolute Gasteiger partial charge is 0.339 e. The van der Waals surface area contributed by atoms with E-state index in [9.17, 15) is 9.59 Å². The summed E-state index contributed by atoms with van der Waals surface area (Å²) in [5.74, 6) is 0.295. The number of carbonyl (C=O) groups excluding carboxylic acids is 2. The molecule has 1 atom stereocenters. The second kappa shape index (κ2) is 10.6. The van der Waals surface area contributed by atoms with Gasteiger partial charge >= 0.3 is 5.97 Å². The van der Waals surface area contributed by atoms with Crippen LogP contribution in [0, 0.1) is 0 Å². The lowest BCUT2D eigenvalue weighted by Gasteiger charge is -2.18. The zero-order valence-corrected chi connectivity index (χ0v) is 21.2. The van der Waals surface area contributed by atoms with Crippen molar-refractivity contribution in [2.45, 2.75) is 19.4 Å². The molecule has 0 saturated carbocycles. The number of nitrogens with one attached hydrogen (secondary N) is 1. The molecule has 1 amide bonds. The number of benzene rings is 4. The van der Waals surface area contributed by atoms with Gasteiger partial charge < -0.3 is 23.9 Å². The van der Waals surface area contributed by atoms with Crippen molar-refractivity contribution in [3.8, 4) is 23.0 Å². The Kier molecular flexibility index (Phi) is 6.95. The molecule has 1 N–H and O–H groups in total. The Bertz CT molecular complexity index is 1600. The second-order valence-corrected chi connectivity index (χ2v) is 8.55. The number of nitrogens with zero attached hydrogens (tertiary/aromatic N) is 1. The van der Waals surface area contributed by atoms with Crippen molar-refractivity contribution in [2.75, 3.05) is 19.5 Å². The van der Waals surface area contributed by atoms with Gasteiger partial charge in [0.05, 0.1) is 25.5 Å². The van der Waals surface area contributed by atoms with Crippen LogP contribution in [0.25, 0.3) is 33.3 Å². The molecule has 0 fully saturated rings. The van der Waals surface area contributed by atoms with E-state index in [1.807, 2.05) is 48.5 Å². The van der Waals surface area contributed by atoms with Crippen LogP contribution in [0.1, 0.15) is 23.7 Å². The van der Waals surface area contributed by atoms with E-state index >= 15 is 0 Å². The first-order chi connectivity index (χ1) is 18.5. The molecule has 1 aromatic heterocycles. The molecule has 38 heavy (non-hydrogen) atoms. The number of methoxy groups -OCH3 is 2. The maximum Gasteiger partial charge on any atom is 0.339 e. The predicted octanol–water partition coefficient (Wildman–Crippen LogP) is 6.24. The lowest BCUT2D eigenvalue weighted by atomic mass is 9.99. The molecule has 1 heterocycles. The van der Waals surface area contributed by atoms with Crippen molar-refractivity contribution >= 4 is 39.4 Å². The van der Waals surface area contributed by atoms with Crippen molar-refractivity contribution in [3.63, 3.8) is 0 Å². The van der Waals surface area contributed by atoms with Crippen molar-refractivity contribution < 1.29 is 28.2 Å². The van der Waals surface area contributed by atoms with Gasteiger partial charge in [0.15, 0.2) is 11.7 Å². The Labute approximate surface area is 219 Å². The Hall–Kier alpha value is -4.85. The van der Waals surface area contributed by atoms with Gasteiger partial charge in [0.2, 0.25) is 5.89 Å². The van der Waals surface area contributed by atoms with Crippen LogP contribution in [0.4, 0.5) is 5.69 Å². The van der Waals surface area contributed by atoms with E-state index in [-0.39, 0.29) is 6.42 Å². The van der Waals surface area contributed by atoms with Crippen LogP contribution in [0.5, 0.6) is 11.5 Å². The first kappa shape index (κ1) is 24.8. The summed E-state index contributed by atoms with van der Waals surface area (Å²) >= 11 is 0. The summed E-state index contributed by atoms with van der Waals surface area (Å²) in [6.45, 7) is 1.77. The van der Waals surface area contributed by atoms with Gasteiger partial charge in [0, 0.05) is 17.0 Å². The van der Waals surface area contributed by atoms with E-state index in [0.717, 1.165) is 10.9 Å². The van der Waals surface area contributed by atoms with Gasteiger partial charge in [-0.25, -0.2) is 9.78 Å². The van der Waals surface area contributed by atoms with Gasteiger partial charge in [-0.15, -0.1) is 0 Å². The SMILES string of the molecule is CCC(OC(=O)c1cccc2cccc(-c3nc4ccccc4o3)c12)C(=O)Nc1cc(OC)ccc1OC. The van der Waals surface area contributed by atoms with Crippen LogP contribution >= 0.6 is 0 Å². The molecule has 0 radical (unpaired) electrons. The fourth-order valence-electron chi connectivity index (χ4n) is 4.32. The average molecular weight is 511 g/mol. The summed E-state index contributed by atoms with van der Waals surface area (Å²) in [7, 11) is 3.03. The Morgan fingerprint density at radius 2 is 1.74 bits per heavy atom. The maximum atomic E-state index is 13.5. The molecule has 8 nitrogen and oxygen atoms in total. The van der Waals surface area contributed by atoms with E-state index in [4.69, 9.17) is 18.6 Å². The molecule has 5 aromatic rings. The first-order valence-corrected chi connectivity index (χ1v) is 12.1. The number of hydrogen-bond acceptors (Lipinski definition) is 7. The lowest BCUT2D eigenvalue weighted by Crippen LogP contribution is -2.32. The molecule has 0 aliphatic rings. The van der Waals surface area contributed by atoms with Crippen LogP contribution in [0.3, 0.4) is 0 Å². The van der Waals surface area contributed by atoms with Crippen LogP contribution in [0.15, 0.2) is 83.3 Å². The van der Waals surface area contributed by atoms with E-state index in [0.29, 0.717) is 45.2 Å². The van der Waals surface area contributed by atoms with Crippen molar-refractivity contribution in [3.05, 3.63) is 84.4 Å². The zero-order valence-electron chi connectivity index (χ0n) is 21.2. The van der Waals surface area contributed by atoms with E-state index in [1.54, 1.807) is 37.3 Å². The highest BCUT2D eigenvalue weighted by molar-refractivity contribution is 6.11. The Morgan fingerprint density at radius 3 is 2.47 bits per heavy atom. The van der Waals surface area contributed by atoms with E-state index in [1.165, 1.54) is 14.2 Å². The number of aromatic nitrogens is 1. The number of para-hydroxylation sites is 2. The molecule has 0 saturated heterocycles. The summed E-state index contributed by atoms with van der Waals surface area (Å²) in [5.41, 5.74) is 2.75. The van der Waals surface area contributed by atoms with E-state index in [2.05, 4.69) is 10.3 Å². The van der Waals surface area contributed by atoms with Crippen molar-refractivity contribution in [1.82, 2.24) is 4.98 Å². The minimum absolute atomic E-state index is 0.270. The van der Waals surface area contributed by atoms with Crippen molar-refractivity contribution in [2.24, 2.45) is 0 Å². The zero-order chi connectivity index (χ0) is 26.6. The fourth-order valence-corrected chi connectivity index (χ4v) is 4.32. The molecular weight excluding hydrogens is 484 g/mol. The highest BCUT2D eigenvalue weighted by atomic mass is 16.5. The minimum Gasteiger partial charge on any atom is -0.497 e. The van der Waals surface area contributed by atoms with Gasteiger partial charge in [-0.2, -0.15) is 0 Å². The molecule has 0 bridgehead atoms. The number of hydrogen-bond donors (Lipinski definition) is 1. The highest BCUT2D eigenvalue weighted by Crippen LogP contribution is 2.34. The van der Waals surface area contributed by atoms with Crippen LogP contribution < -0.4 is 14.8 Å². The summed E-state index contributed by atoms with van der Waals surface area (Å²) in [6, 6.07) is 23.5. The number of fused-ring (bicyclic) bond motifs is 2. The lowest BCUT2D eigenvalue weighted by molar-refractivity contribution is -0.124. The highest BCUT2D eigenvalue weighted by Gasteiger charge is 2.25. The summed E-state index contributed by atoms with van der Waals surface area (Å²) < 4.78 is 22.3. The molecule has 4 aromatic carbocycles. The number of carbonyl (C=O) groups is 2. The third kappa shape index (κ3) is 4.76. The van der Waals surface area contributed by atoms with Gasteiger partial charge in [0.1, 0.15) is 17.0 Å². The third-order valence-electron chi connectivity index (χ3n) is 6.23. The Balaban J connectivity index is 1.46. The number of amides is 1.